The second-order valence-corrected chi connectivity index (χ2v) is 10.9. The van der Waals surface area contributed by atoms with Gasteiger partial charge in [-0.25, -0.2) is 12.8 Å². The van der Waals surface area contributed by atoms with Crippen molar-refractivity contribution < 1.29 is 22.4 Å². The third kappa shape index (κ3) is 8.06. The molecule has 0 bridgehead atoms. The van der Waals surface area contributed by atoms with Gasteiger partial charge in [-0.15, -0.1) is 0 Å². The molecule has 0 aliphatic carbocycles. The van der Waals surface area contributed by atoms with E-state index >= 15 is 0 Å². The Morgan fingerprint density at radius 1 is 1.03 bits per heavy atom. The first kappa shape index (κ1) is 28.3. The standard InChI is InChI=1S/C26H36FN3O4S/c1-6-21-10-8-9-11-24(21)30(35(5,33)34)18-25(31)29(17-20-12-14-22(27)15-13-20)23(7-2)26(32)28-16-19(3)4/h8-15,19,23H,6-7,16-18H2,1-5H3,(H,28,32). The van der Waals surface area contributed by atoms with Crippen molar-refractivity contribution in [2.24, 2.45) is 5.92 Å². The lowest BCUT2D eigenvalue weighted by molar-refractivity contribution is -0.140. The van der Waals surface area contributed by atoms with Crippen LogP contribution in [0.25, 0.3) is 0 Å². The van der Waals surface area contributed by atoms with Gasteiger partial charge in [0.25, 0.3) is 0 Å². The highest BCUT2D eigenvalue weighted by Crippen LogP contribution is 2.24. The molecule has 0 saturated carbocycles. The summed E-state index contributed by atoms with van der Waals surface area (Å²) in [4.78, 5) is 28.1. The average Bonchev–Trinajstić information content (AvgIpc) is 2.81. The number of halogens is 1. The lowest BCUT2D eigenvalue weighted by Crippen LogP contribution is -2.52. The van der Waals surface area contributed by atoms with Crippen molar-refractivity contribution in [3.8, 4) is 0 Å². The normalized spacial score (nSPS) is 12.3. The molecule has 2 rings (SSSR count). The Balaban J connectivity index is 2.44. The van der Waals surface area contributed by atoms with Crippen LogP contribution in [0.2, 0.25) is 0 Å². The van der Waals surface area contributed by atoms with Crippen LogP contribution in [-0.4, -0.2) is 50.5 Å². The number of para-hydroxylation sites is 1. The number of hydrogen-bond acceptors (Lipinski definition) is 4. The minimum absolute atomic E-state index is 0.0414. The molecule has 0 spiro atoms. The van der Waals surface area contributed by atoms with E-state index < -0.39 is 34.3 Å². The van der Waals surface area contributed by atoms with Crippen LogP contribution in [0.15, 0.2) is 48.5 Å². The molecule has 35 heavy (non-hydrogen) atoms. The molecule has 0 saturated heterocycles. The van der Waals surface area contributed by atoms with Gasteiger partial charge in [-0.2, -0.15) is 0 Å². The minimum Gasteiger partial charge on any atom is -0.354 e. The Morgan fingerprint density at radius 2 is 1.66 bits per heavy atom. The topological polar surface area (TPSA) is 86.8 Å². The van der Waals surface area contributed by atoms with Crippen molar-refractivity contribution in [2.45, 2.75) is 53.1 Å². The Hall–Kier alpha value is -2.94. The Bertz CT molecular complexity index is 1100. The lowest BCUT2D eigenvalue weighted by Gasteiger charge is -2.33. The summed E-state index contributed by atoms with van der Waals surface area (Å²) < 4.78 is 40.0. The highest BCUT2D eigenvalue weighted by atomic mass is 32.2. The number of carbonyl (C=O) groups is 2. The maximum atomic E-state index is 13.7. The molecule has 2 aromatic rings. The van der Waals surface area contributed by atoms with Gasteiger partial charge >= 0.3 is 0 Å². The van der Waals surface area contributed by atoms with Crippen molar-refractivity contribution in [1.29, 1.82) is 0 Å². The maximum Gasteiger partial charge on any atom is 0.244 e. The number of hydrogen-bond donors (Lipinski definition) is 1. The molecule has 9 heteroatoms. The summed E-state index contributed by atoms with van der Waals surface area (Å²) in [6.45, 7) is 7.69. The molecule has 0 radical (unpaired) electrons. The van der Waals surface area contributed by atoms with Gasteiger partial charge in [-0.3, -0.25) is 13.9 Å². The van der Waals surface area contributed by atoms with E-state index in [0.717, 1.165) is 16.1 Å². The number of rotatable bonds is 12. The quantitative estimate of drug-likeness (QED) is 0.476. The maximum absolute atomic E-state index is 13.7. The van der Waals surface area contributed by atoms with Gasteiger partial charge in [0.15, 0.2) is 0 Å². The van der Waals surface area contributed by atoms with E-state index in [1.165, 1.54) is 17.0 Å². The SMILES string of the molecule is CCc1ccccc1N(CC(=O)N(Cc1ccc(F)cc1)C(CC)C(=O)NCC(C)C)S(C)(=O)=O. The largest absolute Gasteiger partial charge is 0.354 e. The highest BCUT2D eigenvalue weighted by molar-refractivity contribution is 7.92. The van der Waals surface area contributed by atoms with Crippen LogP contribution in [0.4, 0.5) is 10.1 Å². The zero-order valence-electron chi connectivity index (χ0n) is 21.1. The Labute approximate surface area is 208 Å². The molecule has 2 amide bonds. The van der Waals surface area contributed by atoms with Crippen molar-refractivity contribution >= 4 is 27.5 Å². The molecule has 0 aliphatic heterocycles. The van der Waals surface area contributed by atoms with Gasteiger partial charge in [0.2, 0.25) is 21.8 Å². The van der Waals surface area contributed by atoms with Crippen LogP contribution in [0.5, 0.6) is 0 Å². The van der Waals surface area contributed by atoms with Crippen LogP contribution < -0.4 is 9.62 Å². The summed E-state index contributed by atoms with van der Waals surface area (Å²) in [6.07, 6.45) is 1.98. The molecule has 192 valence electrons. The number of anilines is 1. The molecule has 7 nitrogen and oxygen atoms in total. The molecule has 1 unspecified atom stereocenters. The first-order valence-electron chi connectivity index (χ1n) is 11.8. The summed E-state index contributed by atoms with van der Waals surface area (Å²) >= 11 is 0. The number of benzene rings is 2. The van der Waals surface area contributed by atoms with Crippen LogP contribution in [-0.2, 0) is 32.6 Å². The number of nitrogens with one attached hydrogen (secondary N) is 1. The van der Waals surface area contributed by atoms with Crippen LogP contribution in [0, 0.1) is 11.7 Å². The molecule has 0 heterocycles. The van der Waals surface area contributed by atoms with Gasteiger partial charge in [0.1, 0.15) is 18.4 Å². The van der Waals surface area contributed by atoms with E-state index in [0.29, 0.717) is 30.6 Å². The zero-order valence-corrected chi connectivity index (χ0v) is 21.9. The predicted octanol–water partition coefficient (Wildman–Crippen LogP) is 3.73. The summed E-state index contributed by atoms with van der Waals surface area (Å²) in [5.41, 5.74) is 1.86. The number of nitrogens with zero attached hydrogens (tertiary/aromatic N) is 2. The summed E-state index contributed by atoms with van der Waals surface area (Å²) in [5, 5.41) is 2.87. The van der Waals surface area contributed by atoms with E-state index in [1.807, 2.05) is 32.9 Å². The Morgan fingerprint density at radius 3 is 2.20 bits per heavy atom. The molecule has 2 aromatic carbocycles. The van der Waals surface area contributed by atoms with Crippen molar-refractivity contribution in [1.82, 2.24) is 10.2 Å². The van der Waals surface area contributed by atoms with Crippen LogP contribution in [0.1, 0.15) is 45.2 Å². The molecular formula is C26H36FN3O4S. The number of amides is 2. The molecular weight excluding hydrogens is 469 g/mol. The third-order valence-electron chi connectivity index (χ3n) is 5.66. The van der Waals surface area contributed by atoms with Gasteiger partial charge in [-0.1, -0.05) is 58.0 Å². The third-order valence-corrected chi connectivity index (χ3v) is 6.78. The van der Waals surface area contributed by atoms with Gasteiger partial charge in [-0.05, 0) is 48.1 Å². The van der Waals surface area contributed by atoms with Crippen molar-refractivity contribution in [3.63, 3.8) is 0 Å². The van der Waals surface area contributed by atoms with Gasteiger partial charge in [0.05, 0.1) is 11.9 Å². The molecule has 1 N–H and O–H groups in total. The lowest BCUT2D eigenvalue weighted by atomic mass is 10.1. The summed E-state index contributed by atoms with van der Waals surface area (Å²) in [5.74, 6) is -1.01. The molecule has 0 aliphatic rings. The van der Waals surface area contributed by atoms with E-state index in [4.69, 9.17) is 0 Å². The predicted molar refractivity (Wildman–Crippen MR) is 137 cm³/mol. The van der Waals surface area contributed by atoms with E-state index in [2.05, 4.69) is 5.32 Å². The monoisotopic (exact) mass is 505 g/mol. The number of aryl methyl sites for hydroxylation is 1. The van der Waals surface area contributed by atoms with Gasteiger partial charge < -0.3 is 10.2 Å². The van der Waals surface area contributed by atoms with E-state index in [1.54, 1.807) is 31.2 Å². The highest BCUT2D eigenvalue weighted by Gasteiger charge is 2.32. The summed E-state index contributed by atoms with van der Waals surface area (Å²) in [7, 11) is -3.80. The summed E-state index contributed by atoms with van der Waals surface area (Å²) in [6, 6.07) is 11.9. The molecule has 0 aromatic heterocycles. The van der Waals surface area contributed by atoms with Crippen molar-refractivity contribution in [3.05, 3.63) is 65.5 Å². The minimum atomic E-state index is -3.80. The number of carbonyl (C=O) groups excluding carboxylic acids is 2. The second-order valence-electron chi connectivity index (χ2n) is 8.96. The fourth-order valence-electron chi connectivity index (χ4n) is 3.78. The van der Waals surface area contributed by atoms with Crippen LogP contribution in [0.3, 0.4) is 0 Å². The van der Waals surface area contributed by atoms with Crippen molar-refractivity contribution in [2.75, 3.05) is 23.7 Å². The average molecular weight is 506 g/mol. The first-order chi connectivity index (χ1) is 16.5. The first-order valence-corrected chi connectivity index (χ1v) is 13.7. The fraction of sp³-hybridized carbons (Fsp3) is 0.462. The molecule has 1 atom stereocenters. The van der Waals surface area contributed by atoms with E-state index in [-0.39, 0.29) is 18.4 Å². The smallest absolute Gasteiger partial charge is 0.244 e. The zero-order chi connectivity index (χ0) is 26.2. The van der Waals surface area contributed by atoms with Gasteiger partial charge in [0, 0.05) is 13.1 Å². The van der Waals surface area contributed by atoms with Crippen LogP contribution >= 0.6 is 0 Å². The van der Waals surface area contributed by atoms with E-state index in [9.17, 15) is 22.4 Å². The fourth-order valence-corrected chi connectivity index (χ4v) is 4.66. The number of sulfonamides is 1. The molecule has 0 fully saturated rings. The second kappa shape index (κ2) is 12.7. The Kier molecular flexibility index (Phi) is 10.2.